The Hall–Kier alpha value is -2.97. The molecule has 0 aliphatic carbocycles. The highest BCUT2D eigenvalue weighted by atomic mass is 16.5. The zero-order chi connectivity index (χ0) is 26.3. The molecule has 37 heavy (non-hydrogen) atoms. The van der Waals surface area contributed by atoms with Gasteiger partial charge < -0.3 is 14.4 Å². The molecule has 3 amide bonds. The van der Waals surface area contributed by atoms with Crippen molar-refractivity contribution in [3.63, 3.8) is 0 Å². The van der Waals surface area contributed by atoms with E-state index in [-0.39, 0.29) is 24.8 Å². The number of ether oxygens (including phenoxy) is 2. The largest absolute Gasteiger partial charge is 0.501 e. The van der Waals surface area contributed by atoms with Crippen LogP contribution in [0.1, 0.15) is 39.9 Å². The number of fused-ring (bicyclic) bond motifs is 1. The number of carbonyl (C=O) groups is 3. The van der Waals surface area contributed by atoms with Crippen molar-refractivity contribution in [1.82, 2.24) is 15.1 Å². The number of nitrogens with one attached hydrogen (secondary N) is 1. The summed E-state index contributed by atoms with van der Waals surface area (Å²) in [5.74, 6) is -0.272. The first-order chi connectivity index (χ1) is 17.6. The molecule has 1 N–H and O–H groups in total. The third-order valence-electron chi connectivity index (χ3n) is 7.78. The molecular weight excluding hydrogens is 466 g/mol. The molecule has 3 aliphatic rings. The first-order valence-corrected chi connectivity index (χ1v) is 13.0. The molecule has 0 bridgehead atoms. The molecule has 2 aromatic rings. The number of hydrogen-bond acceptors (Lipinski definition) is 6. The summed E-state index contributed by atoms with van der Waals surface area (Å²) < 4.78 is 12.1. The molecule has 8 nitrogen and oxygen atoms in total. The number of imide groups is 1. The van der Waals surface area contributed by atoms with Crippen LogP contribution < -0.4 is 21.0 Å². The zero-order valence-electron chi connectivity index (χ0n) is 22.1. The van der Waals surface area contributed by atoms with E-state index in [0.717, 1.165) is 44.0 Å². The van der Waals surface area contributed by atoms with Crippen LogP contribution in [0.3, 0.4) is 0 Å². The van der Waals surface area contributed by atoms with Crippen molar-refractivity contribution < 1.29 is 23.9 Å². The van der Waals surface area contributed by atoms with E-state index in [1.54, 1.807) is 11.0 Å². The van der Waals surface area contributed by atoms with Gasteiger partial charge in [-0.2, -0.15) is 0 Å². The number of rotatable bonds is 6. The van der Waals surface area contributed by atoms with Crippen LogP contribution in [0.15, 0.2) is 30.3 Å². The molecule has 2 saturated heterocycles. The second kappa shape index (κ2) is 10.1. The van der Waals surface area contributed by atoms with E-state index in [2.05, 4.69) is 38.0 Å². The maximum atomic E-state index is 13.2. The lowest BCUT2D eigenvalue weighted by molar-refractivity contribution is -0.136. The molecule has 0 saturated carbocycles. The highest BCUT2D eigenvalue weighted by molar-refractivity contribution is 6.42. The second-order valence-electron chi connectivity index (χ2n) is 10.8. The summed E-state index contributed by atoms with van der Waals surface area (Å²) in [7, 11) is 8.38. The quantitative estimate of drug-likeness (QED) is 0.327. The van der Waals surface area contributed by atoms with Crippen molar-refractivity contribution in [3.8, 4) is 5.75 Å². The predicted octanol–water partition coefficient (Wildman–Crippen LogP) is -3.75. The Morgan fingerprint density at radius 2 is 1.78 bits per heavy atom. The van der Waals surface area contributed by atoms with Crippen LogP contribution in [0.25, 0.3) is 0 Å². The third kappa shape index (κ3) is 5.09. The Bertz CT molecular complexity index is 1240. The third-order valence-corrected chi connectivity index (χ3v) is 7.78. The standard InChI is InChI=1S/C25H31B4N3O5/c26-18-10-14(11-19(27)17(18)12-31-6-8-36-9-7-31)25(28,29)37-21-3-1-2-15-16(21)13-32(24(15)35)20-4-5-22(33)30-23(20)34/h1-3,10-11,20H,4-9,12-13,26-29H2,(H,30,33,34). The fraction of sp³-hybridized carbons (Fsp3) is 0.400. The molecule has 3 aliphatic heterocycles. The van der Waals surface area contributed by atoms with Crippen LogP contribution in [-0.4, -0.2) is 91.3 Å². The minimum absolute atomic E-state index is 0.202. The highest BCUT2D eigenvalue weighted by Gasteiger charge is 2.40. The first kappa shape index (κ1) is 25.7. The lowest BCUT2D eigenvalue weighted by atomic mass is 9.59. The molecule has 0 aromatic heterocycles. The van der Waals surface area contributed by atoms with Crippen LogP contribution >= 0.6 is 0 Å². The van der Waals surface area contributed by atoms with Gasteiger partial charge in [0.1, 0.15) is 27.5 Å². The van der Waals surface area contributed by atoms with Gasteiger partial charge in [0.05, 0.1) is 25.2 Å². The van der Waals surface area contributed by atoms with Gasteiger partial charge in [-0.3, -0.25) is 24.6 Å². The smallest absolute Gasteiger partial charge is 0.255 e. The van der Waals surface area contributed by atoms with E-state index < -0.39 is 17.3 Å². The summed E-state index contributed by atoms with van der Waals surface area (Å²) in [6.07, 6.45) is 0.564. The van der Waals surface area contributed by atoms with E-state index >= 15 is 0 Å². The maximum absolute atomic E-state index is 13.2. The molecule has 1 unspecified atom stereocenters. The van der Waals surface area contributed by atoms with Crippen LogP contribution in [0, 0.1) is 0 Å². The van der Waals surface area contributed by atoms with Gasteiger partial charge in [0.2, 0.25) is 11.8 Å². The molecule has 5 rings (SSSR count). The summed E-state index contributed by atoms with van der Waals surface area (Å²) in [5, 5.41) is 1.71. The van der Waals surface area contributed by atoms with Crippen LogP contribution in [0.4, 0.5) is 0 Å². The monoisotopic (exact) mass is 497 g/mol. The minimum Gasteiger partial charge on any atom is -0.501 e. The number of piperidine rings is 1. The van der Waals surface area contributed by atoms with Gasteiger partial charge in [-0.15, -0.1) is 0 Å². The van der Waals surface area contributed by atoms with Gasteiger partial charge in [-0.1, -0.05) is 29.1 Å². The van der Waals surface area contributed by atoms with E-state index in [9.17, 15) is 14.4 Å². The lowest BCUT2D eigenvalue weighted by Crippen LogP contribution is -2.52. The molecule has 2 aromatic carbocycles. The van der Waals surface area contributed by atoms with Crippen LogP contribution in [0.2, 0.25) is 0 Å². The molecule has 0 spiro atoms. The molecule has 12 heteroatoms. The van der Waals surface area contributed by atoms with Crippen molar-refractivity contribution in [2.24, 2.45) is 0 Å². The van der Waals surface area contributed by atoms with Crippen molar-refractivity contribution in [2.75, 3.05) is 26.3 Å². The summed E-state index contributed by atoms with van der Waals surface area (Å²) >= 11 is 0. The van der Waals surface area contributed by atoms with Crippen molar-refractivity contribution >= 4 is 60.0 Å². The van der Waals surface area contributed by atoms with E-state index in [4.69, 9.17) is 9.47 Å². The predicted molar refractivity (Wildman–Crippen MR) is 151 cm³/mol. The number of nitrogens with zero attached hydrogens (tertiary/aromatic N) is 2. The molecule has 2 fully saturated rings. The number of benzene rings is 2. The fourth-order valence-corrected chi connectivity index (χ4v) is 5.56. The first-order valence-electron chi connectivity index (χ1n) is 13.0. The Morgan fingerprint density at radius 1 is 1.08 bits per heavy atom. The number of hydrogen-bond donors (Lipinski definition) is 1. The van der Waals surface area contributed by atoms with Crippen molar-refractivity contribution in [1.29, 1.82) is 0 Å². The van der Waals surface area contributed by atoms with Crippen molar-refractivity contribution in [3.05, 3.63) is 52.6 Å². The highest BCUT2D eigenvalue weighted by Crippen LogP contribution is 2.35. The van der Waals surface area contributed by atoms with Gasteiger partial charge in [-0.05, 0) is 29.7 Å². The average Bonchev–Trinajstić information content (AvgIpc) is 3.19. The molecule has 188 valence electrons. The van der Waals surface area contributed by atoms with Gasteiger partial charge in [0.25, 0.3) is 5.91 Å². The number of morpholine rings is 1. The normalized spacial score (nSPS) is 20.6. The zero-order valence-corrected chi connectivity index (χ0v) is 22.1. The maximum Gasteiger partial charge on any atom is 0.255 e. The van der Waals surface area contributed by atoms with Gasteiger partial charge >= 0.3 is 0 Å². The lowest BCUT2D eigenvalue weighted by Gasteiger charge is -2.32. The summed E-state index contributed by atoms with van der Waals surface area (Å²) in [4.78, 5) is 41.2. The second-order valence-corrected chi connectivity index (χ2v) is 10.8. The van der Waals surface area contributed by atoms with E-state index in [1.165, 1.54) is 16.5 Å². The minimum atomic E-state index is -0.650. The summed E-state index contributed by atoms with van der Waals surface area (Å²) in [5.41, 5.74) is 6.20. The number of amides is 3. The Balaban J connectivity index is 1.37. The average molecular weight is 497 g/mol. The summed E-state index contributed by atoms with van der Waals surface area (Å²) in [6.45, 7) is 4.64. The van der Waals surface area contributed by atoms with Gasteiger partial charge in [-0.25, -0.2) is 0 Å². The number of carbonyl (C=O) groups excluding carboxylic acids is 3. The molecule has 3 heterocycles. The van der Waals surface area contributed by atoms with Gasteiger partial charge in [0, 0.05) is 37.2 Å². The SMILES string of the molecule is Bc1cc(C(B)(B)Oc2cccc3c2CN(C2CCC(=O)NC2=O)C3=O)cc(B)c1CN1CCOCC1. The Labute approximate surface area is 221 Å². The van der Waals surface area contributed by atoms with Crippen LogP contribution in [-0.2, 0) is 32.8 Å². The Morgan fingerprint density at radius 3 is 2.46 bits per heavy atom. The van der Waals surface area contributed by atoms with E-state index in [1.807, 2.05) is 27.8 Å². The van der Waals surface area contributed by atoms with Gasteiger partial charge in [0.15, 0.2) is 15.7 Å². The van der Waals surface area contributed by atoms with Crippen LogP contribution in [0.5, 0.6) is 5.75 Å². The fourth-order valence-electron chi connectivity index (χ4n) is 5.56. The summed E-state index contributed by atoms with van der Waals surface area (Å²) in [6, 6.07) is 9.23. The molecular formula is C25H31B4N3O5. The topological polar surface area (TPSA) is 88.2 Å². The molecule has 0 radical (unpaired) electrons. The molecule has 1 atom stereocenters. The van der Waals surface area contributed by atoms with E-state index in [0.29, 0.717) is 17.7 Å². The Kier molecular flexibility index (Phi) is 6.98. The van der Waals surface area contributed by atoms with Crippen molar-refractivity contribution in [2.45, 2.75) is 37.4 Å².